The second-order valence-electron chi connectivity index (χ2n) is 4.68. The molecule has 0 aliphatic carbocycles. The van der Waals surface area contributed by atoms with Gasteiger partial charge in [0.1, 0.15) is 5.60 Å². The van der Waals surface area contributed by atoms with E-state index >= 15 is 0 Å². The lowest BCUT2D eigenvalue weighted by molar-refractivity contribution is 0.0515. The van der Waals surface area contributed by atoms with Crippen LogP contribution in [0.3, 0.4) is 0 Å². The summed E-state index contributed by atoms with van der Waals surface area (Å²) in [6.07, 6.45) is 2.07. The second kappa shape index (κ2) is 6.53. The van der Waals surface area contributed by atoms with E-state index in [9.17, 15) is 4.79 Å². The van der Waals surface area contributed by atoms with Gasteiger partial charge in [-0.15, -0.1) is 0 Å². The van der Waals surface area contributed by atoms with Gasteiger partial charge in [-0.3, -0.25) is 0 Å². The van der Waals surface area contributed by atoms with Crippen LogP contribution in [0.2, 0.25) is 0 Å². The summed E-state index contributed by atoms with van der Waals surface area (Å²) in [6.45, 7) is 9.30. The molecule has 94 valence electrons. The van der Waals surface area contributed by atoms with Gasteiger partial charge in [-0.2, -0.15) is 0 Å². The molecule has 0 aromatic heterocycles. The molecular formula is C12H23NO3. The van der Waals surface area contributed by atoms with Gasteiger partial charge in [0.15, 0.2) is 0 Å². The fraction of sp³-hybridized carbons (Fsp3) is 0.750. The van der Waals surface area contributed by atoms with Crippen molar-refractivity contribution in [2.75, 3.05) is 6.61 Å². The van der Waals surface area contributed by atoms with Crippen molar-refractivity contribution in [3.63, 3.8) is 0 Å². The number of amides is 1. The zero-order chi connectivity index (χ0) is 12.8. The first-order valence-electron chi connectivity index (χ1n) is 5.59. The molecule has 16 heavy (non-hydrogen) atoms. The zero-order valence-corrected chi connectivity index (χ0v) is 10.8. The smallest absolute Gasteiger partial charge is 0.408 e. The zero-order valence-electron chi connectivity index (χ0n) is 10.8. The van der Waals surface area contributed by atoms with Gasteiger partial charge >= 0.3 is 6.09 Å². The molecule has 0 aliphatic rings. The van der Waals surface area contributed by atoms with E-state index in [4.69, 9.17) is 9.84 Å². The summed E-state index contributed by atoms with van der Waals surface area (Å²) in [5.74, 6) is 0. The van der Waals surface area contributed by atoms with Crippen LogP contribution in [0.15, 0.2) is 11.6 Å². The van der Waals surface area contributed by atoms with Crippen LogP contribution in [0.5, 0.6) is 0 Å². The first-order valence-corrected chi connectivity index (χ1v) is 5.59. The maximum absolute atomic E-state index is 11.5. The van der Waals surface area contributed by atoms with E-state index in [2.05, 4.69) is 5.32 Å². The van der Waals surface area contributed by atoms with Crippen molar-refractivity contribution in [2.24, 2.45) is 0 Å². The summed E-state index contributed by atoms with van der Waals surface area (Å²) in [6, 6.07) is -0.119. The van der Waals surface area contributed by atoms with Gasteiger partial charge < -0.3 is 15.2 Å². The number of alkyl carbamates (subject to hydrolysis) is 1. The number of carbonyl (C=O) groups excluding carboxylic acids is 1. The summed E-state index contributed by atoms with van der Waals surface area (Å²) in [4.78, 5) is 11.5. The Morgan fingerprint density at radius 1 is 1.50 bits per heavy atom. The molecule has 0 rings (SSSR count). The molecule has 0 saturated heterocycles. The van der Waals surface area contributed by atoms with Crippen LogP contribution in [0.1, 0.15) is 41.0 Å². The average Bonchev–Trinajstić information content (AvgIpc) is 2.10. The van der Waals surface area contributed by atoms with Crippen molar-refractivity contribution in [2.45, 2.75) is 52.7 Å². The number of hydrogen-bond acceptors (Lipinski definition) is 3. The monoisotopic (exact) mass is 229 g/mol. The third kappa shape index (κ3) is 6.45. The van der Waals surface area contributed by atoms with Gasteiger partial charge in [-0.1, -0.05) is 18.6 Å². The first kappa shape index (κ1) is 15.0. The number of ether oxygens (including phenoxy) is 1. The lowest BCUT2D eigenvalue weighted by Crippen LogP contribution is -2.38. The molecule has 4 heteroatoms. The molecule has 0 radical (unpaired) electrons. The van der Waals surface area contributed by atoms with E-state index in [1.54, 1.807) is 6.08 Å². The van der Waals surface area contributed by atoms with Gasteiger partial charge in [0, 0.05) is 0 Å². The van der Waals surface area contributed by atoms with Gasteiger partial charge in [0.2, 0.25) is 0 Å². The molecule has 2 N–H and O–H groups in total. The van der Waals surface area contributed by atoms with Crippen molar-refractivity contribution >= 4 is 6.09 Å². The Hall–Kier alpha value is -1.03. The molecule has 0 bridgehead atoms. The molecule has 0 aromatic carbocycles. The number of rotatable bonds is 4. The van der Waals surface area contributed by atoms with Crippen LogP contribution < -0.4 is 5.32 Å². The van der Waals surface area contributed by atoms with Crippen molar-refractivity contribution < 1.29 is 14.6 Å². The van der Waals surface area contributed by atoms with Gasteiger partial charge in [-0.25, -0.2) is 4.79 Å². The number of nitrogens with one attached hydrogen (secondary N) is 1. The third-order valence-corrected chi connectivity index (χ3v) is 2.05. The maximum Gasteiger partial charge on any atom is 0.408 e. The predicted octanol–water partition coefficient (Wildman–Crippen LogP) is 2.23. The standard InChI is InChI=1S/C12H23NO3/c1-6-10(7-8-14)9(2)13-11(15)16-12(3,4)5/h7,9,14H,6,8H2,1-5H3,(H,13,15). The van der Waals surface area contributed by atoms with E-state index in [1.807, 2.05) is 34.6 Å². The van der Waals surface area contributed by atoms with Crippen LogP contribution in [0.4, 0.5) is 4.79 Å². The summed E-state index contributed by atoms with van der Waals surface area (Å²) >= 11 is 0. The molecular weight excluding hydrogens is 206 g/mol. The Balaban J connectivity index is 4.28. The Bertz CT molecular complexity index is 253. The highest BCUT2D eigenvalue weighted by atomic mass is 16.6. The summed E-state index contributed by atoms with van der Waals surface area (Å²) < 4.78 is 5.14. The quantitative estimate of drug-likeness (QED) is 0.727. The first-order chi connectivity index (χ1) is 7.30. The Morgan fingerprint density at radius 2 is 2.06 bits per heavy atom. The number of carbonyl (C=O) groups is 1. The second-order valence-corrected chi connectivity index (χ2v) is 4.68. The molecule has 0 fully saturated rings. The van der Waals surface area contributed by atoms with Gasteiger partial charge in [0.25, 0.3) is 0 Å². The van der Waals surface area contributed by atoms with E-state index in [1.165, 1.54) is 0 Å². The summed E-state index contributed by atoms with van der Waals surface area (Å²) in [7, 11) is 0. The van der Waals surface area contributed by atoms with Crippen LogP contribution in [0.25, 0.3) is 0 Å². The normalized spacial score (nSPS) is 14.5. The minimum absolute atomic E-state index is 0.0104. The molecule has 1 atom stereocenters. The van der Waals surface area contributed by atoms with Crippen LogP contribution in [-0.2, 0) is 4.74 Å². The number of aliphatic hydroxyl groups excluding tert-OH is 1. The molecule has 4 nitrogen and oxygen atoms in total. The highest BCUT2D eigenvalue weighted by Crippen LogP contribution is 2.10. The van der Waals surface area contributed by atoms with Gasteiger partial charge in [0.05, 0.1) is 12.6 Å². The molecule has 1 unspecified atom stereocenters. The van der Waals surface area contributed by atoms with Crippen molar-refractivity contribution in [3.05, 3.63) is 11.6 Å². The Labute approximate surface area is 97.7 Å². The highest BCUT2D eigenvalue weighted by Gasteiger charge is 2.18. The Kier molecular flexibility index (Phi) is 6.11. The summed E-state index contributed by atoms with van der Waals surface area (Å²) in [5.41, 5.74) is 0.505. The number of hydrogen-bond donors (Lipinski definition) is 2. The van der Waals surface area contributed by atoms with Gasteiger partial charge in [-0.05, 0) is 34.1 Å². The minimum Gasteiger partial charge on any atom is -0.444 e. The largest absolute Gasteiger partial charge is 0.444 e. The SMILES string of the molecule is CCC(=CCO)C(C)NC(=O)OC(C)(C)C. The third-order valence-electron chi connectivity index (χ3n) is 2.05. The van der Waals surface area contributed by atoms with Crippen LogP contribution in [0, 0.1) is 0 Å². The molecule has 0 aliphatic heterocycles. The Morgan fingerprint density at radius 3 is 2.44 bits per heavy atom. The van der Waals surface area contributed by atoms with E-state index < -0.39 is 11.7 Å². The fourth-order valence-electron chi connectivity index (χ4n) is 1.32. The van der Waals surface area contributed by atoms with Crippen molar-refractivity contribution in [3.8, 4) is 0 Å². The molecule has 0 heterocycles. The topological polar surface area (TPSA) is 58.6 Å². The van der Waals surface area contributed by atoms with Crippen LogP contribution >= 0.6 is 0 Å². The minimum atomic E-state index is -0.489. The molecule has 0 saturated carbocycles. The summed E-state index contributed by atoms with van der Waals surface area (Å²) in [5, 5.41) is 11.5. The highest BCUT2D eigenvalue weighted by molar-refractivity contribution is 5.68. The van der Waals surface area contributed by atoms with E-state index in [-0.39, 0.29) is 12.6 Å². The molecule has 0 spiro atoms. The maximum atomic E-state index is 11.5. The lowest BCUT2D eigenvalue weighted by Gasteiger charge is -2.22. The van der Waals surface area contributed by atoms with Crippen molar-refractivity contribution in [1.29, 1.82) is 0 Å². The molecule has 1 amide bonds. The van der Waals surface area contributed by atoms with Crippen molar-refractivity contribution in [1.82, 2.24) is 5.32 Å². The van der Waals surface area contributed by atoms with E-state index in [0.717, 1.165) is 12.0 Å². The van der Waals surface area contributed by atoms with E-state index in [0.29, 0.717) is 0 Å². The number of aliphatic hydroxyl groups is 1. The predicted molar refractivity (Wildman–Crippen MR) is 64.3 cm³/mol. The molecule has 0 aromatic rings. The van der Waals surface area contributed by atoms with Crippen LogP contribution in [-0.4, -0.2) is 29.4 Å². The lowest BCUT2D eigenvalue weighted by atomic mass is 10.1. The fourth-order valence-corrected chi connectivity index (χ4v) is 1.32. The average molecular weight is 229 g/mol.